The highest BCUT2D eigenvalue weighted by molar-refractivity contribution is 7.13. The SMILES string of the molecule is C=O.CC(C)(C)CC(=O)N1CCC(O)C1.CNC.CNCCOCC=O.CNCc1ccc(-c2scnc2C)cc1.COc1cccc(F)c1-c1ncc2[nH]nc(-c3ccc(N4CCN(CC=O)CC4)cc3)c2n1. The molecule has 18 nitrogen and oxygen atoms in total. The van der Waals surface area contributed by atoms with Gasteiger partial charge in [0.15, 0.2) is 5.82 Å². The average Bonchev–Trinajstić information content (AvgIpc) is 4.17. The van der Waals surface area contributed by atoms with Crippen LogP contribution in [0.3, 0.4) is 0 Å². The molecule has 3 aromatic heterocycles. The quantitative estimate of drug-likeness (QED) is 0.0581. The Labute approximate surface area is 439 Å². The van der Waals surface area contributed by atoms with Crippen LogP contribution in [0.2, 0.25) is 0 Å². The largest absolute Gasteiger partial charge is 0.496 e. The number of piperazine rings is 1. The highest BCUT2D eigenvalue weighted by Gasteiger charge is 2.27. The Morgan fingerprint density at radius 3 is 2.16 bits per heavy atom. The van der Waals surface area contributed by atoms with E-state index in [1.807, 2.05) is 59.5 Å². The van der Waals surface area contributed by atoms with Crippen molar-refractivity contribution in [1.29, 1.82) is 0 Å². The Morgan fingerprint density at radius 2 is 1.61 bits per heavy atom. The fourth-order valence-electron chi connectivity index (χ4n) is 7.55. The molecular weight excluding hydrogens is 966 g/mol. The molecule has 0 radical (unpaired) electrons. The Balaban J connectivity index is 0.000000292. The van der Waals surface area contributed by atoms with Crippen LogP contribution in [0.15, 0.2) is 78.4 Å². The Kier molecular flexibility index (Phi) is 28.0. The topological polar surface area (TPSA) is 220 Å². The lowest BCUT2D eigenvalue weighted by atomic mass is 9.92. The van der Waals surface area contributed by atoms with Crippen LogP contribution in [-0.4, -0.2) is 172 Å². The van der Waals surface area contributed by atoms with Gasteiger partial charge in [0.2, 0.25) is 5.91 Å². The maximum Gasteiger partial charge on any atom is 0.223 e. The van der Waals surface area contributed by atoms with Gasteiger partial charge in [0, 0.05) is 70.0 Å². The predicted octanol–water partition coefficient (Wildman–Crippen LogP) is 6.08. The number of aryl methyl sites for hydroxylation is 1. The first kappa shape index (κ1) is 61.9. The first-order valence-corrected chi connectivity index (χ1v) is 25.3. The summed E-state index contributed by atoms with van der Waals surface area (Å²) in [5, 5.41) is 25.4. The first-order chi connectivity index (χ1) is 35.7. The van der Waals surface area contributed by atoms with E-state index < -0.39 is 5.82 Å². The molecule has 0 spiro atoms. The summed E-state index contributed by atoms with van der Waals surface area (Å²) in [4.78, 5) is 60.6. The molecule has 0 bridgehead atoms. The zero-order valence-electron chi connectivity index (χ0n) is 44.5. The van der Waals surface area contributed by atoms with Crippen LogP contribution in [0.4, 0.5) is 10.1 Å². The summed E-state index contributed by atoms with van der Waals surface area (Å²) in [6.45, 7) is 17.9. The van der Waals surface area contributed by atoms with Crippen LogP contribution in [-0.2, 0) is 30.5 Å². The van der Waals surface area contributed by atoms with Crippen LogP contribution in [0.5, 0.6) is 5.75 Å². The van der Waals surface area contributed by atoms with Crippen molar-refractivity contribution in [3.8, 4) is 38.8 Å². The molecule has 0 aliphatic carbocycles. The van der Waals surface area contributed by atoms with Gasteiger partial charge < -0.3 is 54.7 Å². The molecule has 1 atom stereocenters. The standard InChI is InChI=1S/C24H23FN6O2.C12H14N2S.C10H19NO2.C5H11NO2.C2H7N.CH2O/c1-33-20-4-2-3-18(25)21(20)24-26-15-19-23(27-24)22(29-28-19)16-5-7-17(8-6-16)31-11-9-30(10-12-31)13-14-32;1-9-12(15-8-14-9)11-5-3-10(4-6-11)7-13-2;1-10(2,3)6-9(13)11-5-4-8(12)7-11;1-6-2-4-8-5-3-7;1-3-2;1-2/h2-8,14-15H,9-13H2,1H3,(H,28,29);3-6,8,13H,7H2,1-2H3;8,12H,4-7H2,1-3H3;3,6H,2,4-5H2,1H3;3H,1-2H3;1H2. The van der Waals surface area contributed by atoms with Gasteiger partial charge >= 0.3 is 0 Å². The van der Waals surface area contributed by atoms with Gasteiger partial charge in [-0.2, -0.15) is 5.10 Å². The number of rotatable bonds is 15. The minimum atomic E-state index is -0.448. The number of aldehydes is 2. The van der Waals surface area contributed by atoms with Crippen LogP contribution in [0.25, 0.3) is 44.1 Å². The third-order valence-corrected chi connectivity index (χ3v) is 12.1. The second-order valence-electron chi connectivity index (χ2n) is 18.2. The lowest BCUT2D eigenvalue weighted by molar-refractivity contribution is -0.132. The first-order valence-electron chi connectivity index (χ1n) is 24.4. The number of nitrogens with one attached hydrogen (secondary N) is 4. The number of halogens is 1. The number of hydrogen-bond donors (Lipinski definition) is 5. The molecule has 402 valence electrons. The molecule has 2 aliphatic rings. The number of fused-ring (bicyclic) bond motifs is 1. The average molecular weight is 1040 g/mol. The zero-order valence-corrected chi connectivity index (χ0v) is 45.3. The van der Waals surface area contributed by atoms with E-state index in [1.165, 1.54) is 29.2 Å². The maximum absolute atomic E-state index is 14.6. The van der Waals surface area contributed by atoms with Crippen molar-refractivity contribution in [2.75, 3.05) is 106 Å². The molecule has 0 saturated carbocycles. The Bertz CT molecular complexity index is 2550. The Morgan fingerprint density at radius 1 is 0.932 bits per heavy atom. The third kappa shape index (κ3) is 20.1. The van der Waals surface area contributed by atoms with Crippen LogP contribution in [0.1, 0.15) is 44.9 Å². The van der Waals surface area contributed by atoms with Crippen molar-refractivity contribution in [3.05, 3.63) is 95.5 Å². The molecule has 2 fully saturated rings. The summed E-state index contributed by atoms with van der Waals surface area (Å²) in [6, 6.07) is 21.4. The lowest BCUT2D eigenvalue weighted by Gasteiger charge is -2.35. The monoisotopic (exact) mass is 1040 g/mol. The van der Waals surface area contributed by atoms with Gasteiger partial charge in [-0.15, -0.1) is 11.3 Å². The summed E-state index contributed by atoms with van der Waals surface area (Å²) in [7, 11) is 9.04. The number of aliphatic hydroxyl groups is 1. The van der Waals surface area contributed by atoms with Crippen molar-refractivity contribution in [1.82, 2.24) is 50.9 Å². The molecule has 5 N–H and O–H groups in total. The van der Waals surface area contributed by atoms with E-state index >= 15 is 0 Å². The van der Waals surface area contributed by atoms with Crippen LogP contribution >= 0.6 is 11.3 Å². The van der Waals surface area contributed by atoms with Gasteiger partial charge in [0.1, 0.15) is 54.3 Å². The van der Waals surface area contributed by atoms with E-state index in [9.17, 15) is 23.9 Å². The smallest absolute Gasteiger partial charge is 0.223 e. The number of thiazole rings is 1. The van der Waals surface area contributed by atoms with Crippen LogP contribution in [0, 0.1) is 18.2 Å². The number of H-pyrrole nitrogens is 1. The van der Waals surface area contributed by atoms with E-state index in [0.29, 0.717) is 48.6 Å². The number of aromatic nitrogens is 5. The molecule has 2 aliphatic heterocycles. The van der Waals surface area contributed by atoms with Gasteiger partial charge in [-0.25, -0.2) is 19.3 Å². The van der Waals surface area contributed by atoms with Crippen molar-refractivity contribution >= 4 is 53.3 Å². The number of likely N-dealkylation sites (N-methyl/N-ethyl adjacent to an activating group) is 1. The predicted molar refractivity (Wildman–Crippen MR) is 293 cm³/mol. The van der Waals surface area contributed by atoms with E-state index in [4.69, 9.17) is 14.3 Å². The van der Waals surface area contributed by atoms with E-state index in [2.05, 4.69) is 108 Å². The number of ether oxygens (including phenoxy) is 2. The van der Waals surface area contributed by atoms with Gasteiger partial charge in [-0.3, -0.25) is 14.8 Å². The number of aliphatic hydroxyl groups excluding tert-OH is 1. The number of methoxy groups -OCH3 is 1. The summed E-state index contributed by atoms with van der Waals surface area (Å²) < 4.78 is 24.7. The molecule has 5 heterocycles. The van der Waals surface area contributed by atoms with Crippen molar-refractivity contribution < 1.29 is 38.1 Å². The molecule has 20 heteroatoms. The second kappa shape index (κ2) is 33.4. The zero-order chi connectivity index (χ0) is 54.5. The summed E-state index contributed by atoms with van der Waals surface area (Å²) in [5.74, 6) is 0.335. The summed E-state index contributed by atoms with van der Waals surface area (Å²) in [5.41, 5.74) is 9.81. The lowest BCUT2D eigenvalue weighted by Crippen LogP contribution is -2.46. The molecular formula is C54H76FN11O7S. The normalized spacial score (nSPS) is 14.1. The number of likely N-dealkylation sites (tertiary alicyclic amines) is 1. The van der Waals surface area contributed by atoms with E-state index in [0.717, 1.165) is 81.8 Å². The number of hydrogen-bond acceptors (Lipinski definition) is 17. The number of aromatic amines is 1. The number of anilines is 1. The van der Waals surface area contributed by atoms with Crippen molar-refractivity contribution in [3.63, 3.8) is 0 Å². The minimum absolute atomic E-state index is 0.0463. The highest BCUT2D eigenvalue weighted by atomic mass is 32.1. The number of carbonyl (C=O) groups excluding carboxylic acids is 4. The number of β-amino-alcohol motifs (C(OH)–C–C–N with tert-alkyl or cyclic N) is 1. The minimum Gasteiger partial charge on any atom is -0.496 e. The van der Waals surface area contributed by atoms with Crippen molar-refractivity contribution in [2.24, 2.45) is 5.41 Å². The van der Waals surface area contributed by atoms with Crippen LogP contribution < -0.4 is 25.6 Å². The number of benzene rings is 3. The summed E-state index contributed by atoms with van der Waals surface area (Å²) >= 11 is 1.70. The molecule has 6 aromatic rings. The van der Waals surface area contributed by atoms with Gasteiger partial charge in [-0.05, 0) is 82.3 Å². The van der Waals surface area contributed by atoms with Gasteiger partial charge in [-0.1, -0.05) is 63.2 Å². The molecule has 3 aromatic carbocycles. The van der Waals surface area contributed by atoms with Crippen molar-refractivity contribution in [2.45, 2.75) is 53.2 Å². The molecule has 1 unspecified atom stereocenters. The molecule has 8 rings (SSSR count). The van der Waals surface area contributed by atoms with E-state index in [1.54, 1.807) is 34.6 Å². The highest BCUT2D eigenvalue weighted by Crippen LogP contribution is 2.33. The molecule has 2 saturated heterocycles. The van der Waals surface area contributed by atoms with Gasteiger partial charge in [0.05, 0.1) is 54.2 Å². The third-order valence-electron chi connectivity index (χ3n) is 11.2. The number of carbonyl (C=O) groups is 4. The summed E-state index contributed by atoms with van der Waals surface area (Å²) in [6.07, 6.45) is 4.30. The Hall–Kier alpha value is -6.39. The van der Waals surface area contributed by atoms with Gasteiger partial charge in [0.25, 0.3) is 0 Å². The second-order valence-corrected chi connectivity index (χ2v) is 19.1. The fraction of sp³-hybridized carbons (Fsp3) is 0.444. The molecule has 1 amide bonds. The maximum atomic E-state index is 14.6. The number of amides is 1. The number of nitrogens with zero attached hydrogens (tertiary/aromatic N) is 7. The molecule has 74 heavy (non-hydrogen) atoms. The fourth-order valence-corrected chi connectivity index (χ4v) is 8.36. The van der Waals surface area contributed by atoms with E-state index in [-0.39, 0.29) is 35.4 Å².